The van der Waals surface area contributed by atoms with Crippen LogP contribution in [0.3, 0.4) is 0 Å². The van der Waals surface area contributed by atoms with E-state index < -0.39 is 5.60 Å². The van der Waals surface area contributed by atoms with Gasteiger partial charge in [-0.1, -0.05) is 6.07 Å². The molecule has 1 saturated heterocycles. The first-order chi connectivity index (χ1) is 12.7. The maximum atomic E-state index is 12.3. The van der Waals surface area contributed by atoms with E-state index in [0.717, 1.165) is 23.4 Å². The van der Waals surface area contributed by atoms with E-state index in [4.69, 9.17) is 27.4 Å². The van der Waals surface area contributed by atoms with Crippen molar-refractivity contribution in [1.29, 1.82) is 0 Å². The summed E-state index contributed by atoms with van der Waals surface area (Å²) >= 11 is 5.48. The van der Waals surface area contributed by atoms with Crippen molar-refractivity contribution in [1.82, 2.24) is 10.2 Å². The van der Waals surface area contributed by atoms with E-state index >= 15 is 0 Å². The van der Waals surface area contributed by atoms with Crippen LogP contribution >= 0.6 is 12.2 Å². The summed E-state index contributed by atoms with van der Waals surface area (Å²) in [5.41, 5.74) is 7.80. The number of piperidine rings is 1. The summed E-state index contributed by atoms with van der Waals surface area (Å²) in [6.07, 6.45) is 1.23. The van der Waals surface area contributed by atoms with Gasteiger partial charge in [0.15, 0.2) is 5.11 Å². The second-order valence-corrected chi connectivity index (χ2v) is 8.37. The fourth-order valence-corrected chi connectivity index (χ4v) is 3.54. The van der Waals surface area contributed by atoms with Gasteiger partial charge in [-0.15, -0.1) is 0 Å². The fraction of sp³-hybridized carbons (Fsp3) is 0.579. The van der Waals surface area contributed by atoms with Crippen LogP contribution in [-0.2, 0) is 11.2 Å². The molecule has 4 N–H and O–H groups in total. The molecule has 0 radical (unpaired) electrons. The minimum atomic E-state index is -0.522. The van der Waals surface area contributed by atoms with Crippen LogP contribution in [0.4, 0.5) is 10.5 Å². The number of anilines is 1. The predicted molar refractivity (Wildman–Crippen MR) is 109 cm³/mol. The third-order valence-electron chi connectivity index (χ3n) is 4.63. The van der Waals surface area contributed by atoms with E-state index in [1.807, 2.05) is 39.0 Å². The zero-order valence-corrected chi connectivity index (χ0v) is 16.9. The highest BCUT2D eigenvalue weighted by Gasteiger charge is 2.32. The molecule has 8 heteroatoms. The number of likely N-dealkylation sites (tertiary alicyclic amines) is 1. The molecule has 0 aliphatic carbocycles. The number of thiocarbonyl (C=S) groups is 1. The maximum absolute atomic E-state index is 12.3. The summed E-state index contributed by atoms with van der Waals surface area (Å²) in [5, 5.41) is 6.99. The van der Waals surface area contributed by atoms with E-state index in [0.29, 0.717) is 31.2 Å². The second kappa shape index (κ2) is 7.90. The number of benzene rings is 1. The molecule has 1 amide bonds. The molecule has 1 fully saturated rings. The third-order valence-corrected chi connectivity index (χ3v) is 4.85. The lowest BCUT2D eigenvalue weighted by Crippen LogP contribution is -2.60. The van der Waals surface area contributed by atoms with E-state index in [9.17, 15) is 4.79 Å². The number of ether oxygens (including phenoxy) is 2. The number of carbonyl (C=O) groups excluding carboxylic acids is 1. The predicted octanol–water partition coefficient (Wildman–Crippen LogP) is 2.24. The van der Waals surface area contributed by atoms with Crippen molar-refractivity contribution in [3.8, 4) is 5.75 Å². The van der Waals surface area contributed by atoms with Gasteiger partial charge in [-0.3, -0.25) is 0 Å². The van der Waals surface area contributed by atoms with Crippen LogP contribution in [0.1, 0.15) is 32.8 Å². The molecule has 2 aliphatic rings. The lowest BCUT2D eigenvalue weighted by Gasteiger charge is -2.38. The molecular formula is C19H28N4O3S. The summed E-state index contributed by atoms with van der Waals surface area (Å²) in [5.74, 6) is 0.897. The van der Waals surface area contributed by atoms with Crippen molar-refractivity contribution in [3.05, 3.63) is 23.8 Å². The Bertz CT molecular complexity index is 719. The first-order valence-electron chi connectivity index (χ1n) is 9.28. The molecule has 0 unspecified atom stereocenters. The molecule has 1 aromatic carbocycles. The van der Waals surface area contributed by atoms with Gasteiger partial charge in [0.1, 0.15) is 11.4 Å². The number of amides is 1. The number of nitrogens with two attached hydrogens (primary N) is 1. The summed E-state index contributed by atoms with van der Waals surface area (Å²) < 4.78 is 11.1. The first-order valence-corrected chi connectivity index (χ1v) is 9.69. The van der Waals surface area contributed by atoms with E-state index in [1.54, 1.807) is 4.90 Å². The molecule has 0 bridgehead atoms. The van der Waals surface area contributed by atoms with Crippen LogP contribution in [0.15, 0.2) is 18.2 Å². The molecular weight excluding hydrogens is 364 g/mol. The monoisotopic (exact) mass is 392 g/mol. The van der Waals surface area contributed by atoms with Gasteiger partial charge in [-0.2, -0.15) is 0 Å². The highest BCUT2D eigenvalue weighted by molar-refractivity contribution is 7.80. The lowest BCUT2D eigenvalue weighted by atomic mass is 10.0. The zero-order valence-electron chi connectivity index (χ0n) is 16.1. The molecule has 2 aliphatic heterocycles. The smallest absolute Gasteiger partial charge is 0.410 e. The van der Waals surface area contributed by atoms with Gasteiger partial charge in [0, 0.05) is 36.8 Å². The number of carbonyl (C=O) groups is 1. The molecule has 2 atom stereocenters. The minimum Gasteiger partial charge on any atom is -0.493 e. The van der Waals surface area contributed by atoms with E-state index in [-0.39, 0.29) is 18.2 Å². The molecule has 7 nitrogen and oxygen atoms in total. The van der Waals surface area contributed by atoms with Crippen molar-refractivity contribution in [3.63, 3.8) is 0 Å². The van der Waals surface area contributed by atoms with Gasteiger partial charge in [0.2, 0.25) is 0 Å². The van der Waals surface area contributed by atoms with Crippen LogP contribution in [-0.4, -0.2) is 53.5 Å². The van der Waals surface area contributed by atoms with E-state index in [1.165, 1.54) is 0 Å². The van der Waals surface area contributed by atoms with Gasteiger partial charge < -0.3 is 30.7 Å². The van der Waals surface area contributed by atoms with Crippen molar-refractivity contribution in [2.24, 2.45) is 5.73 Å². The van der Waals surface area contributed by atoms with Crippen LogP contribution < -0.4 is 21.1 Å². The van der Waals surface area contributed by atoms with Crippen molar-refractivity contribution in [2.45, 2.75) is 51.3 Å². The molecule has 0 spiro atoms. The van der Waals surface area contributed by atoms with Crippen LogP contribution in [0.25, 0.3) is 0 Å². The number of nitrogens with zero attached hydrogens (tertiary/aromatic N) is 1. The van der Waals surface area contributed by atoms with Crippen molar-refractivity contribution < 1.29 is 14.3 Å². The molecule has 148 valence electrons. The largest absolute Gasteiger partial charge is 0.493 e. The SMILES string of the molecule is CC(C)(C)OC(=O)N1CC[C@@H](N)[C@@H](NC(=S)Nc2cccc3c2CCO3)C1. The second-order valence-electron chi connectivity index (χ2n) is 7.96. The Labute approximate surface area is 165 Å². The summed E-state index contributed by atoms with van der Waals surface area (Å²) in [4.78, 5) is 14.0. The summed E-state index contributed by atoms with van der Waals surface area (Å²) in [7, 11) is 0. The van der Waals surface area contributed by atoms with Crippen molar-refractivity contribution >= 4 is 29.1 Å². The molecule has 27 heavy (non-hydrogen) atoms. The average molecular weight is 393 g/mol. The van der Waals surface area contributed by atoms with Crippen molar-refractivity contribution in [2.75, 3.05) is 25.0 Å². The first kappa shape index (κ1) is 19.7. The van der Waals surface area contributed by atoms with Gasteiger partial charge in [-0.05, 0) is 51.5 Å². The Morgan fingerprint density at radius 1 is 1.41 bits per heavy atom. The molecule has 0 aromatic heterocycles. The summed E-state index contributed by atoms with van der Waals surface area (Å²) in [6, 6.07) is 5.65. The fourth-order valence-electron chi connectivity index (χ4n) is 3.28. The highest BCUT2D eigenvalue weighted by Crippen LogP contribution is 2.31. The maximum Gasteiger partial charge on any atom is 0.410 e. The Morgan fingerprint density at radius 2 is 2.19 bits per heavy atom. The Balaban J connectivity index is 1.59. The number of nitrogens with one attached hydrogen (secondary N) is 2. The lowest BCUT2D eigenvalue weighted by molar-refractivity contribution is 0.0182. The molecule has 1 aromatic rings. The van der Waals surface area contributed by atoms with E-state index in [2.05, 4.69) is 10.6 Å². The van der Waals surface area contributed by atoms with Gasteiger partial charge in [0.25, 0.3) is 0 Å². The third kappa shape index (κ3) is 5.01. The Kier molecular flexibility index (Phi) is 5.76. The average Bonchev–Trinajstić information content (AvgIpc) is 3.05. The Morgan fingerprint density at radius 3 is 2.93 bits per heavy atom. The quantitative estimate of drug-likeness (QED) is 0.665. The standard InChI is InChI=1S/C19H28N4O3S/c1-19(2,3)26-18(24)23-9-7-13(20)15(11-23)22-17(27)21-14-5-4-6-16-12(14)8-10-25-16/h4-6,13,15H,7-11,20H2,1-3H3,(H2,21,22,27)/t13-,15+/m1/s1. The van der Waals surface area contributed by atoms with Gasteiger partial charge in [0.05, 0.1) is 12.6 Å². The summed E-state index contributed by atoms with van der Waals surface area (Å²) in [6.45, 7) is 7.30. The minimum absolute atomic E-state index is 0.0896. The number of fused-ring (bicyclic) bond motifs is 1. The van der Waals surface area contributed by atoms with Gasteiger partial charge in [-0.25, -0.2) is 4.79 Å². The normalized spacial score (nSPS) is 21.9. The van der Waals surface area contributed by atoms with Crippen LogP contribution in [0, 0.1) is 0 Å². The van der Waals surface area contributed by atoms with Gasteiger partial charge >= 0.3 is 6.09 Å². The topological polar surface area (TPSA) is 88.9 Å². The number of hydrogen-bond donors (Lipinski definition) is 3. The zero-order chi connectivity index (χ0) is 19.6. The molecule has 0 saturated carbocycles. The molecule has 2 heterocycles. The highest BCUT2D eigenvalue weighted by atomic mass is 32.1. The number of rotatable bonds is 2. The Hall–Kier alpha value is -2.06. The van der Waals surface area contributed by atoms with Crippen LogP contribution in [0.5, 0.6) is 5.75 Å². The number of hydrogen-bond acceptors (Lipinski definition) is 5. The molecule has 3 rings (SSSR count). The van der Waals surface area contributed by atoms with Crippen LogP contribution in [0.2, 0.25) is 0 Å².